The van der Waals surface area contributed by atoms with Gasteiger partial charge in [0.2, 0.25) is 17.7 Å². The van der Waals surface area contributed by atoms with E-state index in [1.807, 2.05) is 0 Å². The molecule has 2 N–H and O–H groups in total. The molecule has 21 heavy (non-hydrogen) atoms. The van der Waals surface area contributed by atoms with Gasteiger partial charge in [0.1, 0.15) is 0 Å². The van der Waals surface area contributed by atoms with Crippen molar-refractivity contribution in [2.24, 2.45) is 10.8 Å². The van der Waals surface area contributed by atoms with Crippen LogP contribution in [-0.2, 0) is 19.2 Å². The summed E-state index contributed by atoms with van der Waals surface area (Å²) in [5.41, 5.74) is -1.58. The topological polar surface area (TPSA) is 115 Å². The first-order chi connectivity index (χ1) is 9.25. The lowest BCUT2D eigenvalue weighted by Gasteiger charge is -2.25. The van der Waals surface area contributed by atoms with Crippen LogP contribution in [0.2, 0.25) is 0 Å². The van der Waals surface area contributed by atoms with Gasteiger partial charge in [-0.15, -0.1) is 0 Å². The summed E-state index contributed by atoms with van der Waals surface area (Å²) in [5, 5.41) is 15.3. The second-order valence-electron chi connectivity index (χ2n) is 6.93. The molecule has 0 spiro atoms. The molecule has 0 bridgehead atoms. The standard InChI is InChI=1S/C14H24N2O5/c1-13(2,3)11(20)15-8(10(18)19)7-9(17)16-12(21)14(4,5)6/h8H,7H2,1-6H3,(H,15,20)(H,18,19)(H,16,17,21)/p-1/t8-/m1/s1. The molecule has 0 aromatic rings. The largest absolute Gasteiger partial charge is 0.548 e. The lowest BCUT2D eigenvalue weighted by molar-refractivity contribution is -0.308. The zero-order chi connectivity index (χ0) is 17.0. The molecule has 1 atom stereocenters. The van der Waals surface area contributed by atoms with E-state index in [-0.39, 0.29) is 0 Å². The third-order valence-corrected chi connectivity index (χ3v) is 2.59. The molecule has 7 heteroatoms. The minimum Gasteiger partial charge on any atom is -0.548 e. The number of carbonyl (C=O) groups is 4. The lowest BCUT2D eigenvalue weighted by atomic mass is 9.94. The summed E-state index contributed by atoms with van der Waals surface area (Å²) in [6.07, 6.45) is -0.564. The average molecular weight is 299 g/mol. The van der Waals surface area contributed by atoms with Gasteiger partial charge in [-0.05, 0) is 0 Å². The van der Waals surface area contributed by atoms with Crippen LogP contribution >= 0.6 is 0 Å². The van der Waals surface area contributed by atoms with E-state index in [1.165, 1.54) is 0 Å². The highest BCUT2D eigenvalue weighted by molar-refractivity contribution is 5.99. The molecule has 0 aromatic heterocycles. The molecule has 0 aromatic carbocycles. The number of hydrogen-bond donors (Lipinski definition) is 2. The number of imide groups is 1. The lowest BCUT2D eigenvalue weighted by Crippen LogP contribution is -2.53. The first kappa shape index (κ1) is 19.1. The molecule has 0 fully saturated rings. The maximum atomic E-state index is 11.7. The van der Waals surface area contributed by atoms with E-state index in [1.54, 1.807) is 41.5 Å². The SMILES string of the molecule is CC(C)(C)C(=O)NC(=O)C[C@@H](NC(=O)C(C)(C)C)C(=O)[O-]. The number of hydrogen-bond acceptors (Lipinski definition) is 5. The Kier molecular flexibility index (Phi) is 6.08. The van der Waals surface area contributed by atoms with E-state index in [4.69, 9.17) is 0 Å². The van der Waals surface area contributed by atoms with Crippen LogP contribution in [0.3, 0.4) is 0 Å². The van der Waals surface area contributed by atoms with Crippen molar-refractivity contribution in [3.63, 3.8) is 0 Å². The number of carboxylic acid groups (broad SMARTS) is 1. The number of nitrogens with one attached hydrogen (secondary N) is 2. The Morgan fingerprint density at radius 1 is 0.905 bits per heavy atom. The average Bonchev–Trinajstić information content (AvgIpc) is 2.24. The molecule has 0 aliphatic rings. The van der Waals surface area contributed by atoms with Gasteiger partial charge in [-0.3, -0.25) is 19.7 Å². The fourth-order valence-corrected chi connectivity index (χ4v) is 1.12. The summed E-state index contributed by atoms with van der Waals surface area (Å²) in [6.45, 7) is 9.68. The molecule has 0 unspecified atom stereocenters. The van der Waals surface area contributed by atoms with Crippen molar-refractivity contribution in [3.05, 3.63) is 0 Å². The van der Waals surface area contributed by atoms with Crippen molar-refractivity contribution in [2.75, 3.05) is 0 Å². The van der Waals surface area contributed by atoms with Gasteiger partial charge in [-0.2, -0.15) is 0 Å². The van der Waals surface area contributed by atoms with Crippen LogP contribution in [0.5, 0.6) is 0 Å². The predicted octanol–water partition coefficient (Wildman–Crippen LogP) is -0.654. The molecular weight excluding hydrogens is 276 g/mol. The summed E-state index contributed by atoms with van der Waals surface area (Å²) in [4.78, 5) is 46.0. The third-order valence-electron chi connectivity index (χ3n) is 2.59. The van der Waals surface area contributed by atoms with Gasteiger partial charge in [-0.25, -0.2) is 0 Å². The molecule has 0 aliphatic heterocycles. The summed E-state index contributed by atoms with van der Waals surface area (Å²) in [5.74, 6) is -3.40. The van der Waals surface area contributed by atoms with E-state index in [2.05, 4.69) is 10.6 Å². The van der Waals surface area contributed by atoms with Gasteiger partial charge in [0.05, 0.1) is 18.4 Å². The zero-order valence-corrected chi connectivity index (χ0v) is 13.3. The second kappa shape index (κ2) is 6.69. The minimum absolute atomic E-state index is 0.522. The van der Waals surface area contributed by atoms with Crippen molar-refractivity contribution in [3.8, 4) is 0 Å². The Labute approximate surface area is 124 Å². The number of amides is 3. The van der Waals surface area contributed by atoms with Crippen molar-refractivity contribution < 1.29 is 24.3 Å². The van der Waals surface area contributed by atoms with E-state index in [9.17, 15) is 24.3 Å². The highest BCUT2D eigenvalue weighted by Crippen LogP contribution is 2.14. The molecule has 0 heterocycles. The molecule has 3 amide bonds. The minimum atomic E-state index is -1.58. The molecule has 120 valence electrons. The predicted molar refractivity (Wildman–Crippen MR) is 73.6 cm³/mol. The quantitative estimate of drug-likeness (QED) is 0.715. The van der Waals surface area contributed by atoms with E-state index < -0.39 is 47.0 Å². The van der Waals surface area contributed by atoms with Crippen molar-refractivity contribution in [1.82, 2.24) is 10.6 Å². The van der Waals surface area contributed by atoms with Crippen LogP contribution in [0.4, 0.5) is 0 Å². The fourth-order valence-electron chi connectivity index (χ4n) is 1.12. The zero-order valence-electron chi connectivity index (χ0n) is 13.3. The summed E-state index contributed by atoms with van der Waals surface area (Å²) < 4.78 is 0. The molecule has 7 nitrogen and oxygen atoms in total. The Hall–Kier alpha value is -1.92. The van der Waals surface area contributed by atoms with Crippen molar-refractivity contribution >= 4 is 23.7 Å². The van der Waals surface area contributed by atoms with Gasteiger partial charge in [0, 0.05) is 10.8 Å². The third kappa shape index (κ3) is 6.87. The maximum absolute atomic E-state index is 11.7. The molecule has 0 rings (SSSR count). The van der Waals surface area contributed by atoms with Crippen LogP contribution in [0.15, 0.2) is 0 Å². The van der Waals surface area contributed by atoms with Crippen molar-refractivity contribution in [1.29, 1.82) is 0 Å². The van der Waals surface area contributed by atoms with Gasteiger partial charge in [0.15, 0.2) is 0 Å². The molecule has 0 saturated heterocycles. The van der Waals surface area contributed by atoms with Crippen LogP contribution in [-0.4, -0.2) is 29.7 Å². The summed E-state index contributed by atoms with van der Waals surface area (Å²) in [7, 11) is 0. The first-order valence-electron chi connectivity index (χ1n) is 6.61. The van der Waals surface area contributed by atoms with Gasteiger partial charge in [-0.1, -0.05) is 41.5 Å². The monoisotopic (exact) mass is 299 g/mol. The highest BCUT2D eigenvalue weighted by atomic mass is 16.4. The molecular formula is C14H23N2O5-. The van der Waals surface area contributed by atoms with Crippen LogP contribution in [0.1, 0.15) is 48.0 Å². The van der Waals surface area contributed by atoms with E-state index >= 15 is 0 Å². The normalized spacial score (nSPS) is 13.2. The fraction of sp³-hybridized carbons (Fsp3) is 0.714. The Bertz CT molecular complexity index is 443. The van der Waals surface area contributed by atoms with Gasteiger partial charge < -0.3 is 15.2 Å². The number of carboxylic acids is 1. The highest BCUT2D eigenvalue weighted by Gasteiger charge is 2.28. The smallest absolute Gasteiger partial charge is 0.231 e. The van der Waals surface area contributed by atoms with Gasteiger partial charge in [0.25, 0.3) is 0 Å². The van der Waals surface area contributed by atoms with Gasteiger partial charge >= 0.3 is 0 Å². The van der Waals surface area contributed by atoms with E-state index in [0.29, 0.717) is 0 Å². The molecule has 0 saturated carbocycles. The number of aliphatic carboxylic acids is 1. The summed E-state index contributed by atoms with van der Waals surface area (Å²) in [6, 6.07) is -1.48. The summed E-state index contributed by atoms with van der Waals surface area (Å²) >= 11 is 0. The van der Waals surface area contributed by atoms with E-state index in [0.717, 1.165) is 0 Å². The number of carbonyl (C=O) groups excluding carboxylic acids is 4. The van der Waals surface area contributed by atoms with Crippen LogP contribution in [0, 0.1) is 10.8 Å². The van der Waals surface area contributed by atoms with Crippen molar-refractivity contribution in [2.45, 2.75) is 54.0 Å². The second-order valence-corrected chi connectivity index (χ2v) is 6.93. The van der Waals surface area contributed by atoms with Crippen LogP contribution < -0.4 is 15.7 Å². The Balaban J connectivity index is 4.74. The maximum Gasteiger partial charge on any atom is 0.231 e. The van der Waals surface area contributed by atoms with Crippen LogP contribution in [0.25, 0.3) is 0 Å². The Morgan fingerprint density at radius 3 is 1.67 bits per heavy atom. The number of rotatable bonds is 4. The molecule has 0 radical (unpaired) electrons. The Morgan fingerprint density at radius 2 is 1.33 bits per heavy atom. The molecule has 0 aliphatic carbocycles. The first-order valence-corrected chi connectivity index (χ1v) is 6.61.